The molecule has 176 valence electrons. The zero-order chi connectivity index (χ0) is 22.0. The van der Waals surface area contributed by atoms with E-state index in [9.17, 15) is 9.59 Å². The number of hydrogen-bond acceptors (Lipinski definition) is 5. The second-order valence-corrected chi connectivity index (χ2v) is 9.42. The van der Waals surface area contributed by atoms with Gasteiger partial charge in [-0.3, -0.25) is 9.59 Å². The fourth-order valence-electron chi connectivity index (χ4n) is 3.94. The Bertz CT molecular complexity index is 452. The first-order valence-electron chi connectivity index (χ1n) is 12.6. The maximum absolute atomic E-state index is 11.7. The van der Waals surface area contributed by atoms with E-state index in [1.54, 1.807) is 0 Å². The molecule has 5 heteroatoms. The number of cyclic esters (lactones) is 2. The van der Waals surface area contributed by atoms with Crippen LogP contribution in [0.25, 0.3) is 0 Å². The zero-order valence-corrected chi connectivity index (χ0v) is 19.7. The second kappa shape index (κ2) is 17.6. The molecule has 1 heterocycles. The number of nitrogens with two attached hydrogens (primary N) is 1. The normalized spacial score (nSPS) is 20.0. The fraction of sp³-hybridized carbons (Fsp3) is 0.920. The Morgan fingerprint density at radius 1 is 0.767 bits per heavy atom. The van der Waals surface area contributed by atoms with Gasteiger partial charge in [-0.05, 0) is 18.8 Å². The van der Waals surface area contributed by atoms with Crippen LogP contribution < -0.4 is 5.73 Å². The molecule has 1 saturated heterocycles. The molecule has 30 heavy (non-hydrogen) atoms. The van der Waals surface area contributed by atoms with Gasteiger partial charge in [-0.1, -0.05) is 104 Å². The van der Waals surface area contributed by atoms with Crippen molar-refractivity contribution in [3.63, 3.8) is 0 Å². The van der Waals surface area contributed by atoms with Gasteiger partial charge in [0.05, 0.1) is 0 Å². The lowest BCUT2D eigenvalue weighted by Gasteiger charge is -2.23. The van der Waals surface area contributed by atoms with Gasteiger partial charge in [-0.2, -0.15) is 0 Å². The SMILES string of the molecule is CC(C)CCCCCCCCCCCCCCCCC1OC(=O)CC[C@@H](N)C(=O)O1. The molecular formula is C25H47NO4. The van der Waals surface area contributed by atoms with E-state index in [-0.39, 0.29) is 12.4 Å². The van der Waals surface area contributed by atoms with Gasteiger partial charge in [-0.25, -0.2) is 0 Å². The summed E-state index contributed by atoms with van der Waals surface area (Å²) < 4.78 is 10.4. The lowest BCUT2D eigenvalue weighted by atomic mass is 10.0. The third kappa shape index (κ3) is 14.8. The van der Waals surface area contributed by atoms with E-state index < -0.39 is 18.3 Å². The summed E-state index contributed by atoms with van der Waals surface area (Å²) in [5.74, 6) is 0.0719. The molecule has 0 aliphatic carbocycles. The number of carbonyl (C=O) groups is 2. The van der Waals surface area contributed by atoms with Gasteiger partial charge in [0.1, 0.15) is 6.04 Å². The standard InChI is InChI=1S/C25H47NO4/c1-21(2)17-15-13-11-9-7-5-3-4-6-8-10-12-14-16-18-24-29-23(27)20-19-22(26)25(28)30-24/h21-22,24H,3-20,26H2,1-2H3/t22-,24?/m1/s1. The first kappa shape index (κ1) is 26.9. The molecule has 5 nitrogen and oxygen atoms in total. The molecule has 0 bridgehead atoms. The third-order valence-electron chi connectivity index (χ3n) is 5.94. The molecule has 0 aromatic heterocycles. The molecule has 0 spiro atoms. The van der Waals surface area contributed by atoms with Crippen molar-refractivity contribution in [2.24, 2.45) is 11.7 Å². The Labute approximate surface area is 184 Å². The highest BCUT2D eigenvalue weighted by Gasteiger charge is 2.26. The highest BCUT2D eigenvalue weighted by Crippen LogP contribution is 2.17. The fourth-order valence-corrected chi connectivity index (χ4v) is 3.94. The van der Waals surface area contributed by atoms with Crippen molar-refractivity contribution in [1.82, 2.24) is 0 Å². The molecule has 0 aromatic rings. The van der Waals surface area contributed by atoms with E-state index in [1.807, 2.05) is 0 Å². The van der Waals surface area contributed by atoms with Gasteiger partial charge in [0.2, 0.25) is 6.29 Å². The maximum atomic E-state index is 11.7. The van der Waals surface area contributed by atoms with Crippen LogP contribution >= 0.6 is 0 Å². The number of carbonyl (C=O) groups excluding carboxylic acids is 2. The Morgan fingerprint density at radius 3 is 1.73 bits per heavy atom. The minimum Gasteiger partial charge on any atom is -0.425 e. The zero-order valence-electron chi connectivity index (χ0n) is 19.7. The van der Waals surface area contributed by atoms with Gasteiger partial charge >= 0.3 is 11.9 Å². The lowest BCUT2D eigenvalue weighted by molar-refractivity contribution is -0.193. The van der Waals surface area contributed by atoms with E-state index in [1.165, 1.54) is 83.5 Å². The average Bonchev–Trinajstić information content (AvgIpc) is 2.70. The first-order valence-corrected chi connectivity index (χ1v) is 12.6. The van der Waals surface area contributed by atoms with Crippen LogP contribution in [-0.2, 0) is 19.1 Å². The van der Waals surface area contributed by atoms with Crippen LogP contribution in [0.4, 0.5) is 0 Å². The van der Waals surface area contributed by atoms with Gasteiger partial charge < -0.3 is 15.2 Å². The Balaban J connectivity index is 1.86. The first-order chi connectivity index (χ1) is 14.5. The van der Waals surface area contributed by atoms with Crippen LogP contribution in [-0.4, -0.2) is 24.3 Å². The van der Waals surface area contributed by atoms with Crippen LogP contribution in [0.3, 0.4) is 0 Å². The summed E-state index contributed by atoms with van der Waals surface area (Å²) in [6.45, 7) is 4.62. The molecule has 0 saturated carbocycles. The summed E-state index contributed by atoms with van der Waals surface area (Å²) in [6.07, 6.45) is 19.9. The molecule has 1 unspecified atom stereocenters. The molecule has 1 aliphatic rings. The minimum atomic E-state index is -0.758. The molecular weight excluding hydrogens is 378 g/mol. The van der Waals surface area contributed by atoms with Crippen LogP contribution in [0.15, 0.2) is 0 Å². The summed E-state index contributed by atoms with van der Waals surface area (Å²) in [5, 5.41) is 0. The van der Waals surface area contributed by atoms with E-state index >= 15 is 0 Å². The summed E-state index contributed by atoms with van der Waals surface area (Å²) in [4.78, 5) is 23.3. The van der Waals surface area contributed by atoms with Gasteiger partial charge in [0.15, 0.2) is 0 Å². The molecule has 0 radical (unpaired) electrons. The van der Waals surface area contributed by atoms with Crippen LogP contribution in [0, 0.1) is 5.92 Å². The highest BCUT2D eigenvalue weighted by atomic mass is 16.7. The summed E-state index contributed by atoms with van der Waals surface area (Å²) in [5.41, 5.74) is 5.68. The Hall–Kier alpha value is -1.10. The number of rotatable bonds is 17. The lowest BCUT2D eigenvalue weighted by Crippen LogP contribution is -2.39. The van der Waals surface area contributed by atoms with Crippen molar-refractivity contribution in [1.29, 1.82) is 0 Å². The van der Waals surface area contributed by atoms with Crippen LogP contribution in [0.5, 0.6) is 0 Å². The largest absolute Gasteiger partial charge is 0.425 e. The van der Waals surface area contributed by atoms with Gasteiger partial charge in [-0.15, -0.1) is 0 Å². The van der Waals surface area contributed by atoms with Crippen molar-refractivity contribution in [3.8, 4) is 0 Å². The number of esters is 2. The second-order valence-electron chi connectivity index (χ2n) is 9.42. The Kier molecular flexibility index (Phi) is 15.8. The van der Waals surface area contributed by atoms with Crippen molar-refractivity contribution in [2.45, 2.75) is 142 Å². The molecule has 2 N–H and O–H groups in total. The summed E-state index contributed by atoms with van der Waals surface area (Å²) >= 11 is 0. The predicted octanol–water partition coefficient (Wildman–Crippen LogP) is 6.42. The van der Waals surface area contributed by atoms with Crippen molar-refractivity contribution < 1.29 is 19.1 Å². The third-order valence-corrected chi connectivity index (χ3v) is 5.94. The van der Waals surface area contributed by atoms with Crippen molar-refractivity contribution in [3.05, 3.63) is 0 Å². The molecule has 1 rings (SSSR count). The highest BCUT2D eigenvalue weighted by molar-refractivity contribution is 5.78. The van der Waals surface area contributed by atoms with Gasteiger partial charge in [0.25, 0.3) is 0 Å². The smallest absolute Gasteiger partial charge is 0.326 e. The monoisotopic (exact) mass is 425 g/mol. The quantitative estimate of drug-likeness (QED) is 0.215. The van der Waals surface area contributed by atoms with E-state index in [2.05, 4.69) is 13.8 Å². The molecule has 0 aromatic carbocycles. The molecule has 2 atom stereocenters. The predicted molar refractivity (Wildman–Crippen MR) is 122 cm³/mol. The molecule has 0 amide bonds. The van der Waals surface area contributed by atoms with E-state index in [4.69, 9.17) is 15.2 Å². The van der Waals surface area contributed by atoms with Crippen LogP contribution in [0.1, 0.15) is 129 Å². The molecule has 1 aliphatic heterocycles. The maximum Gasteiger partial charge on any atom is 0.326 e. The minimum absolute atomic E-state index is 0.186. The van der Waals surface area contributed by atoms with Crippen molar-refractivity contribution in [2.75, 3.05) is 0 Å². The molecule has 1 fully saturated rings. The summed E-state index contributed by atoms with van der Waals surface area (Å²) in [7, 11) is 0. The van der Waals surface area contributed by atoms with Crippen molar-refractivity contribution >= 4 is 11.9 Å². The topological polar surface area (TPSA) is 78.6 Å². The van der Waals surface area contributed by atoms with E-state index in [0.717, 1.165) is 18.8 Å². The van der Waals surface area contributed by atoms with Crippen LogP contribution in [0.2, 0.25) is 0 Å². The van der Waals surface area contributed by atoms with Gasteiger partial charge in [0, 0.05) is 12.8 Å². The average molecular weight is 426 g/mol. The summed E-state index contributed by atoms with van der Waals surface area (Å²) in [6, 6.07) is -0.713. The number of hydrogen-bond donors (Lipinski definition) is 1. The van der Waals surface area contributed by atoms with E-state index in [0.29, 0.717) is 12.8 Å². The number of unbranched alkanes of at least 4 members (excludes halogenated alkanes) is 13. The Morgan fingerprint density at radius 2 is 1.23 bits per heavy atom. The number of ether oxygens (including phenoxy) is 2.